The number of amides is 1. The smallest absolute Gasteiger partial charge is 0.232 e. The van der Waals surface area contributed by atoms with Crippen LogP contribution in [0.2, 0.25) is 0 Å². The van der Waals surface area contributed by atoms with Crippen molar-refractivity contribution in [3.05, 3.63) is 59.9 Å². The lowest BCUT2D eigenvalue weighted by Gasteiger charge is -2.23. The first-order chi connectivity index (χ1) is 11.7. The van der Waals surface area contributed by atoms with Crippen molar-refractivity contribution in [2.75, 3.05) is 12.3 Å². The summed E-state index contributed by atoms with van der Waals surface area (Å²) in [4.78, 5) is 18.6. The molecule has 4 nitrogen and oxygen atoms in total. The molecule has 0 radical (unpaired) electrons. The normalized spacial score (nSPS) is 13.7. The SMILES string of the molecule is O=C(CSCc1cccnc1)N(Cc1cccc(O)c1)CC1CC1. The van der Waals surface area contributed by atoms with Gasteiger partial charge in [-0.1, -0.05) is 18.2 Å². The van der Waals surface area contributed by atoms with Crippen molar-refractivity contribution in [3.63, 3.8) is 0 Å². The van der Waals surface area contributed by atoms with Gasteiger partial charge in [0.1, 0.15) is 5.75 Å². The molecular weight excluding hydrogens is 320 g/mol. The summed E-state index contributed by atoms with van der Waals surface area (Å²) in [6.45, 7) is 1.39. The molecule has 1 heterocycles. The number of benzene rings is 1. The predicted molar refractivity (Wildman–Crippen MR) is 96.6 cm³/mol. The van der Waals surface area contributed by atoms with E-state index in [1.165, 1.54) is 12.8 Å². The molecule has 0 spiro atoms. The Morgan fingerprint density at radius 2 is 2.08 bits per heavy atom. The van der Waals surface area contributed by atoms with Crippen molar-refractivity contribution in [3.8, 4) is 5.75 Å². The maximum absolute atomic E-state index is 12.6. The predicted octanol–water partition coefficient (Wildman–Crippen LogP) is 3.46. The second-order valence-corrected chi connectivity index (χ2v) is 7.23. The van der Waals surface area contributed by atoms with Gasteiger partial charge in [-0.2, -0.15) is 0 Å². The molecule has 1 amide bonds. The highest BCUT2D eigenvalue weighted by Gasteiger charge is 2.26. The van der Waals surface area contributed by atoms with Gasteiger partial charge in [0.15, 0.2) is 0 Å². The number of hydrogen-bond donors (Lipinski definition) is 1. The summed E-state index contributed by atoms with van der Waals surface area (Å²) in [6, 6.07) is 11.1. The maximum Gasteiger partial charge on any atom is 0.232 e. The van der Waals surface area contributed by atoms with Crippen LogP contribution in [0.3, 0.4) is 0 Å². The number of aromatic hydroxyl groups is 1. The number of carbonyl (C=O) groups is 1. The van der Waals surface area contributed by atoms with E-state index in [1.807, 2.05) is 35.4 Å². The fourth-order valence-electron chi connectivity index (χ4n) is 2.57. The average molecular weight is 342 g/mol. The van der Waals surface area contributed by atoms with Gasteiger partial charge in [0.05, 0.1) is 5.75 Å². The summed E-state index contributed by atoms with van der Waals surface area (Å²) >= 11 is 1.62. The largest absolute Gasteiger partial charge is 0.508 e. The number of carbonyl (C=O) groups excluding carboxylic acids is 1. The minimum atomic E-state index is 0.166. The first-order valence-corrected chi connectivity index (χ1v) is 9.38. The molecule has 1 aliphatic carbocycles. The van der Waals surface area contributed by atoms with E-state index in [9.17, 15) is 9.90 Å². The van der Waals surface area contributed by atoms with E-state index >= 15 is 0 Å². The van der Waals surface area contributed by atoms with Gasteiger partial charge in [0.25, 0.3) is 0 Å². The van der Waals surface area contributed by atoms with Gasteiger partial charge in [0.2, 0.25) is 5.91 Å². The Balaban J connectivity index is 1.54. The minimum Gasteiger partial charge on any atom is -0.508 e. The van der Waals surface area contributed by atoms with Crippen LogP contribution < -0.4 is 0 Å². The maximum atomic E-state index is 12.6. The Kier molecular flexibility index (Phi) is 5.75. The molecule has 0 aliphatic heterocycles. The van der Waals surface area contributed by atoms with Crippen LogP contribution in [0.4, 0.5) is 0 Å². The van der Waals surface area contributed by atoms with Crippen LogP contribution in [0.25, 0.3) is 0 Å². The van der Waals surface area contributed by atoms with Crippen molar-refractivity contribution in [2.45, 2.75) is 25.1 Å². The van der Waals surface area contributed by atoms with Gasteiger partial charge < -0.3 is 10.0 Å². The molecule has 24 heavy (non-hydrogen) atoms. The fraction of sp³-hybridized carbons (Fsp3) is 0.368. The molecule has 2 aromatic rings. The topological polar surface area (TPSA) is 53.4 Å². The zero-order valence-corrected chi connectivity index (χ0v) is 14.4. The zero-order valence-electron chi connectivity index (χ0n) is 13.6. The van der Waals surface area contributed by atoms with Crippen LogP contribution in [0.1, 0.15) is 24.0 Å². The van der Waals surface area contributed by atoms with Gasteiger partial charge in [-0.25, -0.2) is 0 Å². The minimum absolute atomic E-state index is 0.166. The monoisotopic (exact) mass is 342 g/mol. The van der Waals surface area contributed by atoms with E-state index < -0.39 is 0 Å². The number of phenolic OH excluding ortho intramolecular Hbond substituents is 1. The molecule has 0 atom stereocenters. The molecule has 1 aromatic heterocycles. The van der Waals surface area contributed by atoms with Crippen LogP contribution in [0.15, 0.2) is 48.8 Å². The number of hydrogen-bond acceptors (Lipinski definition) is 4. The highest BCUT2D eigenvalue weighted by atomic mass is 32.2. The molecule has 5 heteroatoms. The van der Waals surface area contributed by atoms with E-state index in [0.29, 0.717) is 18.2 Å². The number of nitrogens with zero attached hydrogens (tertiary/aromatic N) is 2. The third-order valence-corrected chi connectivity index (χ3v) is 5.02. The van der Waals surface area contributed by atoms with Crippen LogP contribution in [-0.4, -0.2) is 33.2 Å². The van der Waals surface area contributed by atoms with Crippen molar-refractivity contribution in [1.82, 2.24) is 9.88 Å². The summed E-state index contributed by atoms with van der Waals surface area (Å²) in [5, 5.41) is 9.61. The second-order valence-electron chi connectivity index (χ2n) is 6.24. The molecule has 126 valence electrons. The van der Waals surface area contributed by atoms with Gasteiger partial charge >= 0.3 is 0 Å². The van der Waals surface area contributed by atoms with Crippen molar-refractivity contribution < 1.29 is 9.90 Å². The van der Waals surface area contributed by atoms with E-state index in [4.69, 9.17) is 0 Å². The van der Waals surface area contributed by atoms with E-state index in [-0.39, 0.29) is 11.7 Å². The Morgan fingerprint density at radius 3 is 2.79 bits per heavy atom. The van der Waals surface area contributed by atoms with E-state index in [2.05, 4.69) is 4.98 Å². The van der Waals surface area contributed by atoms with Crippen molar-refractivity contribution in [1.29, 1.82) is 0 Å². The molecule has 1 N–H and O–H groups in total. The van der Waals surface area contributed by atoms with E-state index in [0.717, 1.165) is 23.4 Å². The summed E-state index contributed by atoms with van der Waals surface area (Å²) in [7, 11) is 0. The molecule has 1 aliphatic rings. The van der Waals surface area contributed by atoms with E-state index in [1.54, 1.807) is 30.1 Å². The highest BCUT2D eigenvalue weighted by Crippen LogP contribution is 2.30. The van der Waals surface area contributed by atoms with Crippen molar-refractivity contribution in [2.24, 2.45) is 5.92 Å². The number of phenols is 1. The van der Waals surface area contributed by atoms with Gasteiger partial charge in [0, 0.05) is 31.2 Å². The first-order valence-electron chi connectivity index (χ1n) is 8.23. The van der Waals surface area contributed by atoms with Gasteiger partial charge in [-0.05, 0) is 48.1 Å². The first kappa shape index (κ1) is 16.8. The molecule has 1 saturated carbocycles. The summed E-state index contributed by atoms with van der Waals surface area (Å²) in [5.41, 5.74) is 2.11. The number of thioether (sulfide) groups is 1. The van der Waals surface area contributed by atoms with Crippen LogP contribution >= 0.6 is 11.8 Å². The lowest BCUT2D eigenvalue weighted by atomic mass is 10.2. The summed E-state index contributed by atoms with van der Waals surface area (Å²) in [5.74, 6) is 2.33. The molecule has 1 aromatic carbocycles. The Hall–Kier alpha value is -2.01. The summed E-state index contributed by atoms with van der Waals surface area (Å²) in [6.07, 6.45) is 6.03. The van der Waals surface area contributed by atoms with Crippen LogP contribution in [0.5, 0.6) is 5.75 Å². The highest BCUT2D eigenvalue weighted by molar-refractivity contribution is 7.99. The van der Waals surface area contributed by atoms with Gasteiger partial charge in [-0.15, -0.1) is 11.8 Å². The van der Waals surface area contributed by atoms with Crippen LogP contribution in [-0.2, 0) is 17.1 Å². The lowest BCUT2D eigenvalue weighted by Crippen LogP contribution is -2.33. The summed E-state index contributed by atoms with van der Waals surface area (Å²) < 4.78 is 0. The Bertz CT molecular complexity index is 674. The molecule has 0 bridgehead atoms. The number of aromatic nitrogens is 1. The molecular formula is C19H22N2O2S. The molecule has 1 fully saturated rings. The second kappa shape index (κ2) is 8.20. The van der Waals surface area contributed by atoms with Crippen LogP contribution in [0, 0.1) is 5.92 Å². The number of rotatable bonds is 8. The lowest BCUT2D eigenvalue weighted by molar-refractivity contribution is -0.129. The Labute approximate surface area is 146 Å². The standard InChI is InChI=1S/C19H22N2O2S/c22-18-5-1-3-16(9-18)12-21(11-15-6-7-15)19(23)14-24-13-17-4-2-8-20-10-17/h1-5,8-10,15,22H,6-7,11-14H2. The van der Waals surface area contributed by atoms with Gasteiger partial charge in [-0.3, -0.25) is 9.78 Å². The third kappa shape index (κ3) is 5.27. The molecule has 3 rings (SSSR count). The Morgan fingerprint density at radius 1 is 1.25 bits per heavy atom. The number of pyridine rings is 1. The quantitative estimate of drug-likeness (QED) is 0.798. The fourth-order valence-corrected chi connectivity index (χ4v) is 3.44. The average Bonchev–Trinajstić information content (AvgIpc) is 3.39. The third-order valence-electron chi connectivity index (χ3n) is 4.03. The zero-order chi connectivity index (χ0) is 16.8. The van der Waals surface area contributed by atoms with Crippen molar-refractivity contribution >= 4 is 17.7 Å². The molecule has 0 unspecified atom stereocenters. The molecule has 0 saturated heterocycles.